The van der Waals surface area contributed by atoms with Crippen LogP contribution in [-0.2, 0) is 0 Å². The maximum atomic E-state index is 11.9. The third kappa shape index (κ3) is 3.49. The fourth-order valence-electron chi connectivity index (χ4n) is 0.949. The number of aliphatic hydroxyl groups is 1. The Labute approximate surface area is 93.9 Å². The van der Waals surface area contributed by atoms with E-state index in [9.17, 15) is 18.0 Å². The lowest BCUT2D eigenvalue weighted by molar-refractivity contribution is -0.201. The molecule has 0 saturated carbocycles. The summed E-state index contributed by atoms with van der Waals surface area (Å²) in [5.41, 5.74) is 0. The van der Waals surface area contributed by atoms with Crippen LogP contribution in [-0.4, -0.2) is 29.8 Å². The van der Waals surface area contributed by atoms with Crippen molar-refractivity contribution in [3.8, 4) is 0 Å². The third-order valence-corrected chi connectivity index (χ3v) is 2.80. The highest BCUT2D eigenvalue weighted by Crippen LogP contribution is 2.19. The van der Waals surface area contributed by atoms with Crippen molar-refractivity contribution in [1.82, 2.24) is 5.32 Å². The lowest BCUT2D eigenvalue weighted by Crippen LogP contribution is -2.40. The van der Waals surface area contributed by atoms with E-state index in [4.69, 9.17) is 5.11 Å². The highest BCUT2D eigenvalue weighted by atomic mass is 32.1. The summed E-state index contributed by atoms with van der Waals surface area (Å²) < 4.78 is 35.7. The standard InChI is InChI=1S/C9H10F3NO2S/c1-5-2-3-6(16-5)8(15)13-4-7(14)9(10,11)12/h2-3,7,14H,4H2,1H3,(H,13,15). The number of rotatable bonds is 3. The Bertz CT molecular complexity index is 375. The maximum absolute atomic E-state index is 11.9. The molecule has 1 rings (SSSR count). The smallest absolute Gasteiger partial charge is 0.382 e. The van der Waals surface area contributed by atoms with Crippen molar-refractivity contribution in [3.05, 3.63) is 21.9 Å². The summed E-state index contributed by atoms with van der Waals surface area (Å²) in [6, 6.07) is 3.22. The van der Waals surface area contributed by atoms with E-state index in [0.29, 0.717) is 4.88 Å². The molecule has 3 nitrogen and oxygen atoms in total. The van der Waals surface area contributed by atoms with E-state index in [-0.39, 0.29) is 0 Å². The first kappa shape index (κ1) is 13.0. The third-order valence-electron chi connectivity index (χ3n) is 1.80. The van der Waals surface area contributed by atoms with E-state index >= 15 is 0 Å². The van der Waals surface area contributed by atoms with Crippen LogP contribution in [0.2, 0.25) is 0 Å². The van der Waals surface area contributed by atoms with Gasteiger partial charge in [0.1, 0.15) is 0 Å². The minimum absolute atomic E-state index is 0.326. The Balaban J connectivity index is 2.48. The minimum atomic E-state index is -4.71. The Morgan fingerprint density at radius 3 is 2.62 bits per heavy atom. The normalized spacial score (nSPS) is 13.6. The van der Waals surface area contributed by atoms with Crippen molar-refractivity contribution in [3.63, 3.8) is 0 Å². The van der Waals surface area contributed by atoms with Gasteiger partial charge in [0.05, 0.1) is 11.4 Å². The van der Waals surface area contributed by atoms with Crippen LogP contribution in [0.1, 0.15) is 14.5 Å². The summed E-state index contributed by atoms with van der Waals surface area (Å²) in [4.78, 5) is 12.5. The number of amides is 1. The Morgan fingerprint density at radius 2 is 2.19 bits per heavy atom. The first-order chi connectivity index (χ1) is 7.30. The molecule has 0 aliphatic rings. The van der Waals surface area contributed by atoms with E-state index in [2.05, 4.69) is 0 Å². The second kappa shape index (κ2) is 4.84. The number of halogens is 3. The molecular formula is C9H10F3NO2S. The fraction of sp³-hybridized carbons (Fsp3) is 0.444. The van der Waals surface area contributed by atoms with E-state index in [1.165, 1.54) is 17.4 Å². The molecule has 1 heterocycles. The molecular weight excluding hydrogens is 243 g/mol. The summed E-state index contributed by atoms with van der Waals surface area (Å²) >= 11 is 1.18. The van der Waals surface area contributed by atoms with Crippen LogP contribution in [0.3, 0.4) is 0 Å². The second-order valence-electron chi connectivity index (χ2n) is 3.18. The van der Waals surface area contributed by atoms with Gasteiger partial charge in [-0.2, -0.15) is 13.2 Å². The molecule has 0 spiro atoms. The van der Waals surface area contributed by atoms with Crippen LogP contribution in [0.25, 0.3) is 0 Å². The molecule has 1 amide bonds. The lowest BCUT2D eigenvalue weighted by Gasteiger charge is -2.14. The Hall–Kier alpha value is -1.08. The topological polar surface area (TPSA) is 49.3 Å². The van der Waals surface area contributed by atoms with Gasteiger partial charge >= 0.3 is 6.18 Å². The Kier molecular flexibility index (Phi) is 3.93. The molecule has 7 heteroatoms. The van der Waals surface area contributed by atoms with E-state index < -0.39 is 24.7 Å². The van der Waals surface area contributed by atoms with Gasteiger partial charge in [0.15, 0.2) is 6.10 Å². The fourth-order valence-corrected chi connectivity index (χ4v) is 1.73. The summed E-state index contributed by atoms with van der Waals surface area (Å²) in [6.07, 6.45) is -7.24. The number of nitrogens with one attached hydrogen (secondary N) is 1. The van der Waals surface area contributed by atoms with Gasteiger partial charge in [0, 0.05) is 4.88 Å². The zero-order chi connectivity index (χ0) is 12.3. The van der Waals surface area contributed by atoms with E-state index in [1.807, 2.05) is 5.32 Å². The van der Waals surface area contributed by atoms with Gasteiger partial charge in [0.2, 0.25) is 0 Å². The molecule has 1 aromatic rings. The van der Waals surface area contributed by atoms with Gasteiger partial charge in [-0.1, -0.05) is 0 Å². The predicted octanol–water partition coefficient (Wildman–Crippen LogP) is 1.71. The van der Waals surface area contributed by atoms with Gasteiger partial charge in [-0.15, -0.1) is 11.3 Å². The number of carbonyl (C=O) groups is 1. The van der Waals surface area contributed by atoms with Crippen molar-refractivity contribution in [2.75, 3.05) is 6.54 Å². The number of hydrogen-bond acceptors (Lipinski definition) is 3. The minimum Gasteiger partial charge on any atom is -0.382 e. The molecule has 2 N–H and O–H groups in total. The number of hydrogen-bond donors (Lipinski definition) is 2. The number of carbonyl (C=O) groups excluding carboxylic acids is 1. The quantitative estimate of drug-likeness (QED) is 0.861. The first-order valence-corrected chi connectivity index (χ1v) is 5.22. The molecule has 0 fully saturated rings. The van der Waals surface area contributed by atoms with E-state index in [0.717, 1.165) is 4.88 Å². The molecule has 90 valence electrons. The molecule has 1 aromatic heterocycles. The van der Waals surface area contributed by atoms with Crippen molar-refractivity contribution < 1.29 is 23.1 Å². The van der Waals surface area contributed by atoms with Crippen LogP contribution < -0.4 is 5.32 Å². The summed E-state index contributed by atoms with van der Waals surface area (Å²) in [7, 11) is 0. The van der Waals surface area contributed by atoms with E-state index in [1.54, 1.807) is 13.0 Å². The van der Waals surface area contributed by atoms with Crippen molar-refractivity contribution in [2.45, 2.75) is 19.2 Å². The molecule has 1 unspecified atom stereocenters. The molecule has 1 atom stereocenters. The van der Waals surface area contributed by atoms with Crippen LogP contribution in [0, 0.1) is 6.92 Å². The molecule has 16 heavy (non-hydrogen) atoms. The molecule has 0 aromatic carbocycles. The van der Waals surface area contributed by atoms with Crippen LogP contribution in [0.15, 0.2) is 12.1 Å². The predicted molar refractivity (Wildman–Crippen MR) is 53.5 cm³/mol. The maximum Gasteiger partial charge on any atom is 0.416 e. The number of aryl methyl sites for hydroxylation is 1. The monoisotopic (exact) mass is 253 g/mol. The van der Waals surface area contributed by atoms with Gasteiger partial charge in [0.25, 0.3) is 5.91 Å². The van der Waals surface area contributed by atoms with Gasteiger partial charge in [-0.05, 0) is 19.1 Å². The van der Waals surface area contributed by atoms with Crippen LogP contribution in [0.4, 0.5) is 13.2 Å². The molecule has 0 saturated heterocycles. The van der Waals surface area contributed by atoms with Crippen molar-refractivity contribution >= 4 is 17.2 Å². The molecule has 0 aliphatic heterocycles. The number of thiophene rings is 1. The summed E-state index contributed by atoms with van der Waals surface area (Å²) in [5, 5.41) is 10.7. The number of aliphatic hydroxyl groups excluding tert-OH is 1. The summed E-state index contributed by atoms with van der Waals surface area (Å²) in [5.74, 6) is -0.610. The molecule has 0 radical (unpaired) electrons. The average molecular weight is 253 g/mol. The van der Waals surface area contributed by atoms with Gasteiger partial charge in [-0.25, -0.2) is 0 Å². The highest BCUT2D eigenvalue weighted by Gasteiger charge is 2.38. The lowest BCUT2D eigenvalue weighted by atomic mass is 10.3. The van der Waals surface area contributed by atoms with Crippen molar-refractivity contribution in [1.29, 1.82) is 0 Å². The van der Waals surface area contributed by atoms with Crippen LogP contribution in [0.5, 0.6) is 0 Å². The first-order valence-electron chi connectivity index (χ1n) is 4.40. The largest absolute Gasteiger partial charge is 0.416 e. The second-order valence-corrected chi connectivity index (χ2v) is 4.47. The van der Waals surface area contributed by atoms with Crippen LogP contribution >= 0.6 is 11.3 Å². The average Bonchev–Trinajstić information content (AvgIpc) is 2.59. The van der Waals surface area contributed by atoms with Gasteiger partial charge < -0.3 is 10.4 Å². The highest BCUT2D eigenvalue weighted by molar-refractivity contribution is 7.13. The summed E-state index contributed by atoms with van der Waals surface area (Å²) in [6.45, 7) is 0.950. The zero-order valence-electron chi connectivity index (χ0n) is 8.34. The zero-order valence-corrected chi connectivity index (χ0v) is 9.15. The molecule has 0 aliphatic carbocycles. The van der Waals surface area contributed by atoms with Gasteiger partial charge in [-0.3, -0.25) is 4.79 Å². The SMILES string of the molecule is Cc1ccc(C(=O)NCC(O)C(F)(F)F)s1. The Morgan fingerprint density at radius 1 is 1.56 bits per heavy atom. The number of alkyl halides is 3. The molecule has 0 bridgehead atoms. The van der Waals surface area contributed by atoms with Crippen molar-refractivity contribution in [2.24, 2.45) is 0 Å².